The molecule has 32 heavy (non-hydrogen) atoms. The molecule has 0 spiro atoms. The fourth-order valence-electron chi connectivity index (χ4n) is 3.53. The molecule has 3 heterocycles. The highest BCUT2D eigenvalue weighted by Crippen LogP contribution is 2.39. The standard InChI is InChI=1S/C25H16N4O3/c1-17-23(29(30)31)25(32-27-17)24-22(26-21-9-5-6-16-28(21)24)20-14-12-19(13-15-20)11-10-18-7-3-2-4-8-18/h2-9,12-16H,1H3. The van der Waals surface area contributed by atoms with Crippen molar-refractivity contribution in [2.45, 2.75) is 6.92 Å². The lowest BCUT2D eigenvalue weighted by molar-refractivity contribution is -0.385. The SMILES string of the molecule is Cc1noc(-c2c(-c3ccc(C#Cc4ccccc4)cc3)nc3ccccn23)c1[N+](=O)[O-]. The average Bonchev–Trinajstić information content (AvgIpc) is 3.39. The van der Waals surface area contributed by atoms with Gasteiger partial charge in [0.2, 0.25) is 0 Å². The van der Waals surface area contributed by atoms with Crippen LogP contribution in [0.4, 0.5) is 5.69 Å². The molecule has 0 unspecified atom stereocenters. The Kier molecular flexibility index (Phi) is 4.73. The average molecular weight is 420 g/mol. The third-order valence-electron chi connectivity index (χ3n) is 5.04. The highest BCUT2D eigenvalue weighted by Gasteiger charge is 2.31. The van der Waals surface area contributed by atoms with Gasteiger partial charge in [-0.15, -0.1) is 0 Å². The second-order valence-electron chi connectivity index (χ2n) is 7.13. The summed E-state index contributed by atoms with van der Waals surface area (Å²) >= 11 is 0. The molecule has 0 bridgehead atoms. The van der Waals surface area contributed by atoms with Crippen LogP contribution in [-0.2, 0) is 0 Å². The van der Waals surface area contributed by atoms with E-state index in [1.807, 2.05) is 72.8 Å². The van der Waals surface area contributed by atoms with Gasteiger partial charge in [-0.25, -0.2) is 4.98 Å². The number of rotatable bonds is 3. The van der Waals surface area contributed by atoms with E-state index in [0.717, 1.165) is 16.7 Å². The van der Waals surface area contributed by atoms with E-state index in [2.05, 4.69) is 17.0 Å². The van der Waals surface area contributed by atoms with Crippen LogP contribution < -0.4 is 0 Å². The molecular weight excluding hydrogens is 404 g/mol. The van der Waals surface area contributed by atoms with E-state index in [1.165, 1.54) is 0 Å². The molecule has 7 nitrogen and oxygen atoms in total. The fraction of sp³-hybridized carbons (Fsp3) is 0.0400. The van der Waals surface area contributed by atoms with Crippen LogP contribution in [0.15, 0.2) is 83.5 Å². The van der Waals surface area contributed by atoms with Crippen molar-refractivity contribution in [3.8, 4) is 34.6 Å². The Hall–Kier alpha value is -4.70. The molecule has 0 aliphatic rings. The highest BCUT2D eigenvalue weighted by atomic mass is 16.6. The molecule has 2 aromatic carbocycles. The van der Waals surface area contributed by atoms with Gasteiger partial charge in [0.15, 0.2) is 5.69 Å². The minimum Gasteiger partial charge on any atom is -0.347 e. The molecule has 0 amide bonds. The summed E-state index contributed by atoms with van der Waals surface area (Å²) in [6, 6.07) is 22.9. The molecule has 0 fully saturated rings. The van der Waals surface area contributed by atoms with E-state index in [-0.39, 0.29) is 17.1 Å². The van der Waals surface area contributed by atoms with Crippen molar-refractivity contribution in [2.75, 3.05) is 0 Å². The number of pyridine rings is 1. The zero-order valence-electron chi connectivity index (χ0n) is 17.0. The van der Waals surface area contributed by atoms with Crippen molar-refractivity contribution in [2.24, 2.45) is 0 Å². The summed E-state index contributed by atoms with van der Waals surface area (Å²) < 4.78 is 7.18. The van der Waals surface area contributed by atoms with Crippen LogP contribution in [-0.4, -0.2) is 19.5 Å². The van der Waals surface area contributed by atoms with Crippen LogP contribution in [0.2, 0.25) is 0 Å². The highest BCUT2D eigenvalue weighted by molar-refractivity contribution is 5.83. The summed E-state index contributed by atoms with van der Waals surface area (Å²) in [6.07, 6.45) is 1.79. The van der Waals surface area contributed by atoms with Gasteiger partial charge in [-0.1, -0.05) is 53.4 Å². The number of fused-ring (bicyclic) bond motifs is 1. The monoisotopic (exact) mass is 420 g/mol. The fourth-order valence-corrected chi connectivity index (χ4v) is 3.53. The predicted octanol–water partition coefficient (Wildman–Crippen LogP) is 5.27. The van der Waals surface area contributed by atoms with Crippen LogP contribution in [0.25, 0.3) is 28.4 Å². The number of hydrogen-bond acceptors (Lipinski definition) is 5. The minimum atomic E-state index is -0.477. The third kappa shape index (κ3) is 3.40. The summed E-state index contributed by atoms with van der Waals surface area (Å²) in [7, 11) is 0. The van der Waals surface area contributed by atoms with Crippen LogP contribution in [0.5, 0.6) is 0 Å². The van der Waals surface area contributed by atoms with E-state index in [4.69, 9.17) is 9.51 Å². The zero-order chi connectivity index (χ0) is 22.1. The van der Waals surface area contributed by atoms with Crippen molar-refractivity contribution >= 4 is 11.3 Å². The van der Waals surface area contributed by atoms with E-state index < -0.39 is 4.92 Å². The van der Waals surface area contributed by atoms with Crippen LogP contribution in [0.3, 0.4) is 0 Å². The van der Waals surface area contributed by atoms with Crippen molar-refractivity contribution in [1.82, 2.24) is 14.5 Å². The second-order valence-corrected chi connectivity index (χ2v) is 7.13. The minimum absolute atomic E-state index is 0.0779. The number of imidazole rings is 1. The van der Waals surface area contributed by atoms with Crippen LogP contribution in [0, 0.1) is 28.9 Å². The molecule has 0 radical (unpaired) electrons. The van der Waals surface area contributed by atoms with Crippen molar-refractivity contribution in [1.29, 1.82) is 0 Å². The molecule has 0 saturated carbocycles. The first kappa shape index (κ1) is 19.3. The van der Waals surface area contributed by atoms with Crippen molar-refractivity contribution < 1.29 is 9.45 Å². The summed E-state index contributed by atoms with van der Waals surface area (Å²) in [4.78, 5) is 15.9. The lowest BCUT2D eigenvalue weighted by Gasteiger charge is -2.02. The third-order valence-corrected chi connectivity index (χ3v) is 5.04. The molecule has 0 aliphatic heterocycles. The van der Waals surface area contributed by atoms with Crippen molar-refractivity contribution in [3.05, 3.63) is 106 Å². The Morgan fingerprint density at radius 2 is 1.62 bits per heavy atom. The quantitative estimate of drug-likeness (QED) is 0.225. The largest absolute Gasteiger partial charge is 0.347 e. The predicted molar refractivity (Wildman–Crippen MR) is 120 cm³/mol. The lowest BCUT2D eigenvalue weighted by Crippen LogP contribution is -1.94. The maximum atomic E-state index is 11.7. The van der Waals surface area contributed by atoms with Crippen molar-refractivity contribution in [3.63, 3.8) is 0 Å². The Labute approximate surface area is 183 Å². The molecule has 154 valence electrons. The molecule has 0 N–H and O–H groups in total. The Balaban J connectivity index is 1.62. The van der Waals surface area contributed by atoms with Gasteiger partial charge in [0.05, 0.1) is 4.92 Å². The summed E-state index contributed by atoms with van der Waals surface area (Å²) in [5.41, 5.74) is 4.33. The smallest absolute Gasteiger partial charge is 0.340 e. The summed E-state index contributed by atoms with van der Waals surface area (Å²) in [5, 5.41) is 15.5. The van der Waals surface area contributed by atoms with E-state index >= 15 is 0 Å². The maximum absolute atomic E-state index is 11.7. The van der Waals surface area contributed by atoms with Gasteiger partial charge in [-0.3, -0.25) is 14.5 Å². The number of nitrogens with zero attached hydrogens (tertiary/aromatic N) is 4. The molecule has 5 rings (SSSR count). The molecule has 3 aromatic heterocycles. The molecule has 7 heteroatoms. The van der Waals surface area contributed by atoms with Crippen LogP contribution >= 0.6 is 0 Å². The van der Waals surface area contributed by atoms with Gasteiger partial charge in [0.1, 0.15) is 17.0 Å². The molecular formula is C25H16N4O3. The zero-order valence-corrected chi connectivity index (χ0v) is 17.0. The molecule has 5 aromatic rings. The maximum Gasteiger partial charge on any atom is 0.340 e. The van der Waals surface area contributed by atoms with Gasteiger partial charge in [-0.2, -0.15) is 0 Å². The van der Waals surface area contributed by atoms with Gasteiger partial charge >= 0.3 is 5.69 Å². The summed E-state index contributed by atoms with van der Waals surface area (Å²) in [5.74, 6) is 6.36. The normalized spacial score (nSPS) is 10.7. The topological polar surface area (TPSA) is 86.5 Å². The Morgan fingerprint density at radius 1 is 0.938 bits per heavy atom. The van der Waals surface area contributed by atoms with Gasteiger partial charge in [-0.05, 0) is 43.3 Å². The molecule has 0 saturated heterocycles. The van der Waals surface area contributed by atoms with Gasteiger partial charge < -0.3 is 4.52 Å². The lowest BCUT2D eigenvalue weighted by atomic mass is 10.1. The number of aryl methyl sites for hydroxylation is 1. The van der Waals surface area contributed by atoms with E-state index in [0.29, 0.717) is 17.0 Å². The first-order valence-corrected chi connectivity index (χ1v) is 9.87. The summed E-state index contributed by atoms with van der Waals surface area (Å²) in [6.45, 7) is 1.55. The number of aromatic nitrogens is 3. The first-order valence-electron chi connectivity index (χ1n) is 9.87. The Morgan fingerprint density at radius 3 is 2.34 bits per heavy atom. The van der Waals surface area contributed by atoms with Gasteiger partial charge in [0, 0.05) is 22.9 Å². The number of benzene rings is 2. The van der Waals surface area contributed by atoms with E-state index in [9.17, 15) is 10.1 Å². The molecule has 0 aliphatic carbocycles. The van der Waals surface area contributed by atoms with Gasteiger partial charge in [0.25, 0.3) is 5.76 Å². The second kappa shape index (κ2) is 7.85. The number of hydrogen-bond donors (Lipinski definition) is 0. The van der Waals surface area contributed by atoms with E-state index in [1.54, 1.807) is 17.5 Å². The van der Waals surface area contributed by atoms with Crippen LogP contribution in [0.1, 0.15) is 16.8 Å². The first-order chi connectivity index (χ1) is 15.6. The Bertz CT molecular complexity index is 1500. The molecule has 0 atom stereocenters. The number of nitro groups is 1.